The zero-order valence-corrected chi connectivity index (χ0v) is 14.7. The molecule has 0 fully saturated rings. The minimum absolute atomic E-state index is 0.0503. The monoisotopic (exact) mass is 364 g/mol. The lowest BCUT2D eigenvalue weighted by atomic mass is 10.1. The predicted octanol–water partition coefficient (Wildman–Crippen LogP) is 6.26. The maximum absolute atomic E-state index is 13.1. The number of rotatable bonds is 3. The van der Waals surface area contributed by atoms with Crippen LogP contribution in [-0.4, -0.2) is 0 Å². The van der Waals surface area contributed by atoms with E-state index < -0.39 is 0 Å². The lowest BCUT2D eigenvalue weighted by Gasteiger charge is -2.10. The minimum Gasteiger partial charge on any atom is -0.455 e. The molecule has 0 bridgehead atoms. The molecule has 0 aliphatic rings. The molecule has 0 radical (unpaired) electrons. The molecule has 0 aliphatic heterocycles. The Balaban J connectivity index is 1.99. The summed E-state index contributed by atoms with van der Waals surface area (Å²) in [7, 11) is 0. The molecule has 1 aromatic heterocycles. The van der Waals surface area contributed by atoms with Gasteiger partial charge in [0.05, 0.1) is 10.4 Å². The molecule has 0 aliphatic carbocycles. The number of fused-ring (bicyclic) bond motifs is 1. The molecule has 4 aromatic rings. The van der Waals surface area contributed by atoms with Gasteiger partial charge in [-0.1, -0.05) is 78.0 Å². The van der Waals surface area contributed by atoms with Crippen molar-refractivity contribution >= 4 is 34.3 Å². The summed E-state index contributed by atoms with van der Waals surface area (Å²) in [6, 6.07) is 24.4. The minimum atomic E-state index is -0.0503. The van der Waals surface area contributed by atoms with Crippen LogP contribution in [-0.2, 0) is 0 Å². The molecule has 0 saturated carbocycles. The van der Waals surface area contributed by atoms with E-state index in [9.17, 15) is 4.79 Å². The zero-order valence-electron chi connectivity index (χ0n) is 13.1. The highest BCUT2D eigenvalue weighted by Gasteiger charge is 2.18. The van der Waals surface area contributed by atoms with Crippen molar-refractivity contribution in [2.45, 2.75) is 9.79 Å². The third-order valence-corrected chi connectivity index (χ3v) is 5.43. The summed E-state index contributed by atoms with van der Waals surface area (Å²) in [6.07, 6.45) is 0. The first-order valence-corrected chi connectivity index (χ1v) is 8.97. The van der Waals surface area contributed by atoms with Gasteiger partial charge >= 0.3 is 0 Å². The largest absolute Gasteiger partial charge is 0.455 e. The first-order chi connectivity index (χ1) is 12.2. The van der Waals surface area contributed by atoms with Crippen LogP contribution in [0, 0.1) is 0 Å². The third-order valence-electron chi connectivity index (χ3n) is 3.84. The first kappa shape index (κ1) is 16.0. The topological polar surface area (TPSA) is 30.2 Å². The molecule has 0 spiro atoms. The highest BCUT2D eigenvalue weighted by Crippen LogP contribution is 2.38. The van der Waals surface area contributed by atoms with Crippen molar-refractivity contribution in [1.82, 2.24) is 0 Å². The average Bonchev–Trinajstić information content (AvgIpc) is 2.66. The normalized spacial score (nSPS) is 10.9. The van der Waals surface area contributed by atoms with Gasteiger partial charge in [-0.15, -0.1) is 0 Å². The van der Waals surface area contributed by atoms with E-state index in [2.05, 4.69) is 0 Å². The van der Waals surface area contributed by atoms with Crippen molar-refractivity contribution in [3.63, 3.8) is 0 Å². The van der Waals surface area contributed by atoms with Gasteiger partial charge in [0.1, 0.15) is 10.5 Å². The Labute approximate surface area is 154 Å². The van der Waals surface area contributed by atoms with Crippen molar-refractivity contribution in [3.8, 4) is 11.3 Å². The van der Waals surface area contributed by atoms with Crippen LogP contribution >= 0.6 is 23.4 Å². The summed E-state index contributed by atoms with van der Waals surface area (Å²) in [6.45, 7) is 0. The van der Waals surface area contributed by atoms with Gasteiger partial charge in [-0.25, -0.2) is 0 Å². The van der Waals surface area contributed by atoms with E-state index >= 15 is 0 Å². The van der Waals surface area contributed by atoms with Gasteiger partial charge in [0.25, 0.3) is 0 Å². The molecule has 3 aromatic carbocycles. The predicted molar refractivity (Wildman–Crippen MR) is 103 cm³/mol. The maximum atomic E-state index is 13.1. The van der Waals surface area contributed by atoms with Crippen molar-refractivity contribution in [2.24, 2.45) is 0 Å². The van der Waals surface area contributed by atoms with Crippen LogP contribution in [0.5, 0.6) is 0 Å². The Kier molecular flexibility index (Phi) is 4.35. The van der Waals surface area contributed by atoms with E-state index in [-0.39, 0.29) is 5.43 Å². The highest BCUT2D eigenvalue weighted by molar-refractivity contribution is 7.99. The Bertz CT molecular complexity index is 1100. The van der Waals surface area contributed by atoms with E-state index in [1.165, 1.54) is 11.8 Å². The Morgan fingerprint density at radius 2 is 1.48 bits per heavy atom. The molecular formula is C21H13ClO2S. The molecular weight excluding hydrogens is 352 g/mol. The van der Waals surface area contributed by atoms with E-state index in [1.54, 1.807) is 6.07 Å². The van der Waals surface area contributed by atoms with Gasteiger partial charge < -0.3 is 4.42 Å². The Hall–Kier alpha value is -2.49. The molecule has 25 heavy (non-hydrogen) atoms. The summed E-state index contributed by atoms with van der Waals surface area (Å²) in [4.78, 5) is 14.5. The lowest BCUT2D eigenvalue weighted by molar-refractivity contribution is 0.605. The Morgan fingerprint density at radius 1 is 0.800 bits per heavy atom. The Morgan fingerprint density at radius 3 is 2.28 bits per heavy atom. The SMILES string of the molecule is O=c1c(Sc2ccccc2Cl)c(-c2ccccc2)oc2ccccc12. The van der Waals surface area contributed by atoms with Crippen LogP contribution in [0.3, 0.4) is 0 Å². The van der Waals surface area contributed by atoms with E-state index in [4.69, 9.17) is 16.0 Å². The van der Waals surface area contributed by atoms with Gasteiger partial charge in [0.15, 0.2) is 5.76 Å². The lowest BCUT2D eigenvalue weighted by Crippen LogP contribution is -2.06. The standard InChI is InChI=1S/C21H13ClO2S/c22-16-11-5-7-13-18(16)25-21-19(23)15-10-4-6-12-17(15)24-20(21)14-8-2-1-3-9-14/h1-13H. The van der Waals surface area contributed by atoms with Gasteiger partial charge in [0, 0.05) is 10.5 Å². The fourth-order valence-corrected chi connectivity index (χ4v) is 3.87. The summed E-state index contributed by atoms with van der Waals surface area (Å²) >= 11 is 7.63. The second-order valence-electron chi connectivity index (χ2n) is 5.48. The number of hydrogen-bond acceptors (Lipinski definition) is 3. The molecule has 0 unspecified atom stereocenters. The highest BCUT2D eigenvalue weighted by atomic mass is 35.5. The second kappa shape index (κ2) is 6.79. The molecule has 2 nitrogen and oxygen atoms in total. The molecule has 4 heteroatoms. The summed E-state index contributed by atoms with van der Waals surface area (Å²) in [5.74, 6) is 0.564. The zero-order chi connectivity index (χ0) is 17.2. The summed E-state index contributed by atoms with van der Waals surface area (Å²) in [5.41, 5.74) is 1.39. The van der Waals surface area contributed by atoms with Gasteiger partial charge in [-0.2, -0.15) is 0 Å². The molecule has 122 valence electrons. The fraction of sp³-hybridized carbons (Fsp3) is 0. The number of halogens is 1. The molecule has 1 heterocycles. The van der Waals surface area contributed by atoms with Crippen molar-refractivity contribution in [3.05, 3.63) is 94.1 Å². The first-order valence-electron chi connectivity index (χ1n) is 7.77. The molecule has 0 saturated heterocycles. The van der Waals surface area contributed by atoms with Gasteiger partial charge in [0.2, 0.25) is 5.43 Å². The quantitative estimate of drug-likeness (QED) is 0.429. The van der Waals surface area contributed by atoms with Crippen molar-refractivity contribution in [1.29, 1.82) is 0 Å². The fourth-order valence-electron chi connectivity index (χ4n) is 2.63. The third kappa shape index (κ3) is 3.09. The van der Waals surface area contributed by atoms with Crippen LogP contribution in [0.1, 0.15) is 0 Å². The van der Waals surface area contributed by atoms with Crippen LogP contribution in [0.4, 0.5) is 0 Å². The average molecular weight is 365 g/mol. The maximum Gasteiger partial charge on any atom is 0.207 e. The van der Waals surface area contributed by atoms with Crippen LogP contribution in [0.25, 0.3) is 22.3 Å². The van der Waals surface area contributed by atoms with E-state index in [0.717, 1.165) is 10.5 Å². The summed E-state index contributed by atoms with van der Waals surface area (Å²) < 4.78 is 6.11. The van der Waals surface area contributed by atoms with Crippen LogP contribution in [0.15, 0.2) is 97.9 Å². The van der Waals surface area contributed by atoms with Crippen LogP contribution < -0.4 is 5.43 Å². The van der Waals surface area contributed by atoms with E-state index in [0.29, 0.717) is 26.6 Å². The number of para-hydroxylation sites is 1. The van der Waals surface area contributed by atoms with Crippen molar-refractivity contribution in [2.75, 3.05) is 0 Å². The van der Waals surface area contributed by atoms with Gasteiger partial charge in [-0.3, -0.25) is 4.79 Å². The number of hydrogen-bond donors (Lipinski definition) is 0. The summed E-state index contributed by atoms with van der Waals surface area (Å²) in [5, 5.41) is 1.18. The molecule has 0 atom stereocenters. The smallest absolute Gasteiger partial charge is 0.207 e. The second-order valence-corrected chi connectivity index (χ2v) is 6.94. The van der Waals surface area contributed by atoms with Crippen molar-refractivity contribution < 1.29 is 4.42 Å². The van der Waals surface area contributed by atoms with Gasteiger partial charge in [-0.05, 0) is 24.3 Å². The number of benzene rings is 3. The van der Waals surface area contributed by atoms with E-state index in [1.807, 2.05) is 72.8 Å². The van der Waals surface area contributed by atoms with Crippen LogP contribution in [0.2, 0.25) is 5.02 Å². The molecule has 0 amide bonds. The molecule has 4 rings (SSSR count). The molecule has 0 N–H and O–H groups in total.